The van der Waals surface area contributed by atoms with Gasteiger partial charge in [0.1, 0.15) is 0 Å². The number of rotatable bonds is 13. The van der Waals surface area contributed by atoms with Crippen LogP contribution in [-0.4, -0.2) is 38.9 Å². The number of thiazole rings is 1. The lowest BCUT2D eigenvalue weighted by atomic mass is 10.0. The summed E-state index contributed by atoms with van der Waals surface area (Å²) in [6, 6.07) is 0. The second kappa shape index (κ2) is 14.2. The average molecular weight is 522 g/mol. The molecule has 0 aliphatic carbocycles. The van der Waals surface area contributed by atoms with Crippen molar-refractivity contribution in [1.82, 2.24) is 4.98 Å². The summed E-state index contributed by atoms with van der Waals surface area (Å²) in [7, 11) is -1.89. The van der Waals surface area contributed by atoms with Crippen molar-refractivity contribution < 1.29 is 13.9 Å². The van der Waals surface area contributed by atoms with E-state index in [-0.39, 0.29) is 17.4 Å². The standard InChI is InChI=1S/C29H51NO3SSi/c1-22(13-12-14-23(2)20-32-28-15-10-11-18-31-28)16-17-27(33-35(8,9)29(5,6)7)24(3)19-26-21-34-25(4)30-26/h16,19,21,23,27-28H,10-15,17-18,20H2,1-9H3/b22-16?,24-19+/t23?,27-,28?/m0/s1. The molecular formula is C29H51NO3SSi. The van der Waals surface area contributed by atoms with Crippen LogP contribution in [-0.2, 0) is 13.9 Å². The topological polar surface area (TPSA) is 40.6 Å². The number of aromatic nitrogens is 1. The summed E-state index contributed by atoms with van der Waals surface area (Å²) in [5, 5.41) is 3.42. The van der Waals surface area contributed by atoms with Crippen molar-refractivity contribution in [2.24, 2.45) is 5.92 Å². The van der Waals surface area contributed by atoms with Gasteiger partial charge in [-0.1, -0.05) is 39.3 Å². The number of hydrogen-bond donors (Lipinski definition) is 0. The summed E-state index contributed by atoms with van der Waals surface area (Å²) in [4.78, 5) is 4.64. The van der Waals surface area contributed by atoms with Gasteiger partial charge in [-0.05, 0) is 101 Å². The molecule has 0 saturated carbocycles. The van der Waals surface area contributed by atoms with Crippen molar-refractivity contribution in [3.8, 4) is 0 Å². The second-order valence-corrected chi connectivity index (χ2v) is 17.8. The summed E-state index contributed by atoms with van der Waals surface area (Å²) in [6.45, 7) is 22.1. The highest BCUT2D eigenvalue weighted by Gasteiger charge is 2.39. The molecule has 1 saturated heterocycles. The Labute approximate surface area is 220 Å². The first-order chi connectivity index (χ1) is 16.4. The largest absolute Gasteiger partial charge is 0.410 e. The summed E-state index contributed by atoms with van der Waals surface area (Å²) in [6.07, 6.45) is 12.6. The van der Waals surface area contributed by atoms with E-state index < -0.39 is 8.32 Å². The van der Waals surface area contributed by atoms with Crippen LogP contribution in [0.5, 0.6) is 0 Å². The summed E-state index contributed by atoms with van der Waals surface area (Å²) >= 11 is 1.70. The van der Waals surface area contributed by atoms with Gasteiger partial charge in [0.2, 0.25) is 0 Å². The molecule has 2 rings (SSSR count). The predicted molar refractivity (Wildman–Crippen MR) is 154 cm³/mol. The molecule has 0 bridgehead atoms. The molecule has 1 aromatic rings. The van der Waals surface area contributed by atoms with Gasteiger partial charge in [0, 0.05) is 12.0 Å². The summed E-state index contributed by atoms with van der Waals surface area (Å²) < 4.78 is 18.6. The molecule has 1 fully saturated rings. The molecule has 1 aliphatic heterocycles. The molecule has 2 heterocycles. The fraction of sp³-hybridized carbons (Fsp3) is 0.759. The molecule has 0 spiro atoms. The molecule has 0 radical (unpaired) electrons. The summed E-state index contributed by atoms with van der Waals surface area (Å²) in [5.74, 6) is 0.565. The third kappa shape index (κ3) is 11.0. The van der Waals surface area contributed by atoms with Crippen LogP contribution in [0.1, 0.15) is 97.2 Å². The van der Waals surface area contributed by atoms with E-state index in [0.29, 0.717) is 5.92 Å². The Morgan fingerprint density at radius 2 is 2.03 bits per heavy atom. The molecule has 4 nitrogen and oxygen atoms in total. The van der Waals surface area contributed by atoms with Crippen LogP contribution in [0.4, 0.5) is 0 Å². The van der Waals surface area contributed by atoms with Crippen LogP contribution in [0.2, 0.25) is 18.1 Å². The van der Waals surface area contributed by atoms with Crippen molar-refractivity contribution in [1.29, 1.82) is 0 Å². The van der Waals surface area contributed by atoms with E-state index in [9.17, 15) is 0 Å². The average Bonchev–Trinajstić information content (AvgIpc) is 3.19. The molecule has 1 aliphatic rings. The van der Waals surface area contributed by atoms with Gasteiger partial charge in [-0.25, -0.2) is 4.98 Å². The van der Waals surface area contributed by atoms with Gasteiger partial charge in [-0.2, -0.15) is 0 Å². The lowest BCUT2D eigenvalue weighted by Gasteiger charge is -2.39. The predicted octanol–water partition coefficient (Wildman–Crippen LogP) is 8.93. The Morgan fingerprint density at radius 3 is 2.63 bits per heavy atom. The maximum atomic E-state index is 6.90. The first-order valence-electron chi connectivity index (χ1n) is 13.5. The van der Waals surface area contributed by atoms with Gasteiger partial charge in [0.25, 0.3) is 0 Å². The van der Waals surface area contributed by atoms with Crippen molar-refractivity contribution in [2.45, 2.75) is 124 Å². The zero-order valence-corrected chi connectivity index (χ0v) is 25.7. The van der Waals surface area contributed by atoms with E-state index in [1.54, 1.807) is 11.3 Å². The van der Waals surface area contributed by atoms with Crippen LogP contribution in [0, 0.1) is 12.8 Å². The van der Waals surface area contributed by atoms with E-state index in [1.165, 1.54) is 36.8 Å². The fourth-order valence-electron chi connectivity index (χ4n) is 3.97. The van der Waals surface area contributed by atoms with E-state index in [2.05, 4.69) is 84.1 Å². The normalized spacial score (nSPS) is 20.2. The van der Waals surface area contributed by atoms with Gasteiger partial charge in [-0.15, -0.1) is 11.3 Å². The lowest BCUT2D eigenvalue weighted by Crippen LogP contribution is -2.44. The number of nitrogens with zero attached hydrogens (tertiary/aromatic N) is 1. The zero-order valence-electron chi connectivity index (χ0n) is 23.9. The van der Waals surface area contributed by atoms with Gasteiger partial charge in [-0.3, -0.25) is 0 Å². The van der Waals surface area contributed by atoms with Crippen molar-refractivity contribution in [3.05, 3.63) is 33.3 Å². The van der Waals surface area contributed by atoms with E-state index >= 15 is 0 Å². The van der Waals surface area contributed by atoms with Crippen LogP contribution in [0.15, 0.2) is 22.6 Å². The van der Waals surface area contributed by atoms with E-state index in [4.69, 9.17) is 13.9 Å². The Kier molecular flexibility index (Phi) is 12.4. The third-order valence-electron chi connectivity index (χ3n) is 7.42. The molecule has 1 aromatic heterocycles. The molecule has 3 atom stereocenters. The highest BCUT2D eigenvalue weighted by Crippen LogP contribution is 2.38. The zero-order chi connectivity index (χ0) is 26.1. The van der Waals surface area contributed by atoms with Crippen LogP contribution < -0.4 is 0 Å². The highest BCUT2D eigenvalue weighted by atomic mass is 32.1. The van der Waals surface area contributed by atoms with E-state index in [1.807, 2.05) is 0 Å². The SMILES string of the molecule is CC(=CC[C@H](O[Si](C)(C)C(C)(C)C)/C(C)=C/c1csc(C)n1)CCCC(C)COC1CCCCO1. The van der Waals surface area contributed by atoms with Crippen molar-refractivity contribution in [3.63, 3.8) is 0 Å². The smallest absolute Gasteiger partial charge is 0.192 e. The van der Waals surface area contributed by atoms with Crippen LogP contribution in [0.25, 0.3) is 6.08 Å². The molecule has 6 heteroatoms. The first kappa shape index (κ1) is 30.4. The van der Waals surface area contributed by atoms with Gasteiger partial charge < -0.3 is 13.9 Å². The van der Waals surface area contributed by atoms with E-state index in [0.717, 1.165) is 43.2 Å². The molecule has 2 unspecified atom stereocenters. The molecule has 200 valence electrons. The van der Waals surface area contributed by atoms with Gasteiger partial charge in [0.05, 0.1) is 23.4 Å². The van der Waals surface area contributed by atoms with Crippen molar-refractivity contribution >= 4 is 25.7 Å². The molecular weight excluding hydrogens is 470 g/mol. The number of aryl methyl sites for hydroxylation is 1. The van der Waals surface area contributed by atoms with Crippen molar-refractivity contribution in [2.75, 3.05) is 13.2 Å². The summed E-state index contributed by atoms with van der Waals surface area (Å²) in [5.41, 5.74) is 3.76. The number of ether oxygens (including phenoxy) is 2. The maximum absolute atomic E-state index is 6.90. The number of allylic oxidation sites excluding steroid dienone is 1. The minimum Gasteiger partial charge on any atom is -0.410 e. The Hall–Kier alpha value is -0.793. The minimum atomic E-state index is -1.89. The maximum Gasteiger partial charge on any atom is 0.192 e. The highest BCUT2D eigenvalue weighted by molar-refractivity contribution is 7.09. The monoisotopic (exact) mass is 521 g/mol. The molecule has 35 heavy (non-hydrogen) atoms. The fourth-order valence-corrected chi connectivity index (χ4v) is 5.89. The Morgan fingerprint density at radius 1 is 1.29 bits per heavy atom. The Balaban J connectivity index is 1.91. The molecule has 0 amide bonds. The van der Waals surface area contributed by atoms with Crippen LogP contribution >= 0.6 is 11.3 Å². The molecule has 0 N–H and O–H groups in total. The van der Waals surface area contributed by atoms with Crippen LogP contribution in [0.3, 0.4) is 0 Å². The second-order valence-electron chi connectivity index (χ2n) is 12.0. The Bertz CT molecular complexity index is 818. The third-order valence-corrected chi connectivity index (χ3v) is 12.7. The quantitative estimate of drug-likeness (QED) is 0.192. The van der Waals surface area contributed by atoms with Gasteiger partial charge in [0.15, 0.2) is 14.6 Å². The lowest BCUT2D eigenvalue weighted by molar-refractivity contribution is -0.168. The number of hydrogen-bond acceptors (Lipinski definition) is 5. The first-order valence-corrected chi connectivity index (χ1v) is 17.3. The molecule has 0 aromatic carbocycles. The minimum absolute atomic E-state index is 0.0233. The van der Waals surface area contributed by atoms with Gasteiger partial charge >= 0.3 is 0 Å².